The highest BCUT2D eigenvalue weighted by molar-refractivity contribution is 5.92. The van der Waals surface area contributed by atoms with Gasteiger partial charge in [0.05, 0.1) is 0 Å². The summed E-state index contributed by atoms with van der Waals surface area (Å²) in [5.74, 6) is -0.312. The van der Waals surface area contributed by atoms with Gasteiger partial charge < -0.3 is 9.88 Å². The third-order valence-corrected chi connectivity index (χ3v) is 4.14. The van der Waals surface area contributed by atoms with Gasteiger partial charge in [0.2, 0.25) is 0 Å². The van der Waals surface area contributed by atoms with Gasteiger partial charge in [-0.25, -0.2) is 4.79 Å². The molecule has 0 unspecified atom stereocenters. The van der Waals surface area contributed by atoms with E-state index in [4.69, 9.17) is 0 Å². The van der Waals surface area contributed by atoms with Crippen molar-refractivity contribution in [3.8, 4) is 0 Å². The zero-order chi connectivity index (χ0) is 17.1. The van der Waals surface area contributed by atoms with Gasteiger partial charge in [-0.1, -0.05) is 29.8 Å². The van der Waals surface area contributed by atoms with Crippen LogP contribution in [0.2, 0.25) is 0 Å². The fourth-order valence-corrected chi connectivity index (χ4v) is 2.93. The van der Waals surface area contributed by atoms with Crippen molar-refractivity contribution in [1.82, 2.24) is 19.8 Å². The minimum Gasteiger partial charge on any atom is -0.335 e. The van der Waals surface area contributed by atoms with Crippen molar-refractivity contribution in [1.29, 1.82) is 0 Å². The van der Waals surface area contributed by atoms with Gasteiger partial charge in [-0.15, -0.1) is 0 Å². The van der Waals surface area contributed by atoms with Gasteiger partial charge in [-0.2, -0.15) is 0 Å². The molecule has 1 saturated heterocycles. The molecule has 24 heavy (non-hydrogen) atoms. The number of carbonyl (C=O) groups excluding carboxylic acids is 1. The minimum atomic E-state index is -0.663. The topological polar surface area (TPSA) is 89.3 Å². The second kappa shape index (κ2) is 6.84. The molecule has 2 N–H and O–H groups in total. The third kappa shape index (κ3) is 3.80. The van der Waals surface area contributed by atoms with Gasteiger partial charge in [-0.3, -0.25) is 19.5 Å². The van der Waals surface area contributed by atoms with E-state index in [0.29, 0.717) is 13.1 Å². The first-order chi connectivity index (χ1) is 11.5. The fraction of sp³-hybridized carbons (Fsp3) is 0.353. The van der Waals surface area contributed by atoms with Crippen LogP contribution in [0.15, 0.2) is 39.9 Å². The maximum atomic E-state index is 12.4. The first-order valence-corrected chi connectivity index (χ1v) is 7.92. The van der Waals surface area contributed by atoms with E-state index < -0.39 is 11.2 Å². The van der Waals surface area contributed by atoms with Crippen LogP contribution >= 0.6 is 0 Å². The quantitative estimate of drug-likeness (QED) is 0.850. The molecule has 1 fully saturated rings. The first-order valence-electron chi connectivity index (χ1n) is 7.92. The van der Waals surface area contributed by atoms with Crippen molar-refractivity contribution < 1.29 is 4.79 Å². The van der Waals surface area contributed by atoms with Crippen LogP contribution in [-0.2, 0) is 6.54 Å². The molecule has 0 spiro atoms. The van der Waals surface area contributed by atoms with Crippen LogP contribution in [-0.4, -0.2) is 51.9 Å². The van der Waals surface area contributed by atoms with Crippen LogP contribution in [0.3, 0.4) is 0 Å². The Morgan fingerprint density at radius 3 is 2.50 bits per heavy atom. The minimum absolute atomic E-state index is 0.0379. The maximum Gasteiger partial charge on any atom is 0.326 e. The lowest BCUT2D eigenvalue weighted by molar-refractivity contribution is 0.0622. The number of hydrogen-bond acceptors (Lipinski definition) is 4. The predicted octanol–water partition coefficient (Wildman–Crippen LogP) is 0.330. The predicted molar refractivity (Wildman–Crippen MR) is 90.0 cm³/mol. The number of benzene rings is 1. The van der Waals surface area contributed by atoms with Crippen molar-refractivity contribution in [2.24, 2.45) is 0 Å². The molecule has 1 aliphatic heterocycles. The van der Waals surface area contributed by atoms with Crippen molar-refractivity contribution in [2.75, 3.05) is 26.2 Å². The molecule has 2 aromatic rings. The molecule has 0 aliphatic carbocycles. The Balaban J connectivity index is 1.61. The zero-order valence-electron chi connectivity index (χ0n) is 13.5. The van der Waals surface area contributed by atoms with E-state index in [1.165, 1.54) is 11.1 Å². The van der Waals surface area contributed by atoms with Crippen LogP contribution in [0.4, 0.5) is 0 Å². The van der Waals surface area contributed by atoms with Crippen LogP contribution in [0.1, 0.15) is 21.6 Å². The highest BCUT2D eigenvalue weighted by atomic mass is 16.2. The highest BCUT2D eigenvalue weighted by Gasteiger charge is 2.23. The van der Waals surface area contributed by atoms with Gasteiger partial charge in [-0.05, 0) is 12.5 Å². The van der Waals surface area contributed by atoms with Crippen molar-refractivity contribution in [2.45, 2.75) is 13.5 Å². The summed E-state index contributed by atoms with van der Waals surface area (Å²) in [5.41, 5.74) is 1.30. The number of rotatable bonds is 3. The van der Waals surface area contributed by atoms with E-state index in [0.717, 1.165) is 25.7 Å². The summed E-state index contributed by atoms with van der Waals surface area (Å²) in [6.07, 6.45) is 0. The summed E-state index contributed by atoms with van der Waals surface area (Å²) < 4.78 is 0. The Morgan fingerprint density at radius 1 is 1.08 bits per heavy atom. The standard InChI is InChI=1S/C17H20N4O3/c1-12-3-2-4-13(9-12)11-20-5-7-21(8-6-20)16(23)14-10-15(22)19-17(24)18-14/h2-4,9-10H,5-8,11H2,1H3,(H2,18,19,22,24). The van der Waals surface area contributed by atoms with E-state index in [1.54, 1.807) is 4.90 Å². The highest BCUT2D eigenvalue weighted by Crippen LogP contribution is 2.11. The van der Waals surface area contributed by atoms with Gasteiger partial charge in [0.25, 0.3) is 11.5 Å². The van der Waals surface area contributed by atoms with E-state index >= 15 is 0 Å². The van der Waals surface area contributed by atoms with Crippen LogP contribution in [0.25, 0.3) is 0 Å². The van der Waals surface area contributed by atoms with E-state index in [-0.39, 0.29) is 11.6 Å². The smallest absolute Gasteiger partial charge is 0.326 e. The molecule has 1 aromatic carbocycles. The number of aromatic nitrogens is 2. The summed E-state index contributed by atoms with van der Waals surface area (Å²) in [4.78, 5) is 43.4. The molecular formula is C17H20N4O3. The number of hydrogen-bond donors (Lipinski definition) is 2. The fourth-order valence-electron chi connectivity index (χ4n) is 2.93. The summed E-state index contributed by atoms with van der Waals surface area (Å²) in [6, 6.07) is 9.52. The second-order valence-electron chi connectivity index (χ2n) is 6.06. The van der Waals surface area contributed by atoms with E-state index in [1.807, 2.05) is 6.07 Å². The Morgan fingerprint density at radius 2 is 1.83 bits per heavy atom. The summed E-state index contributed by atoms with van der Waals surface area (Å²) in [7, 11) is 0. The molecule has 1 aromatic heterocycles. The third-order valence-electron chi connectivity index (χ3n) is 4.14. The molecule has 2 heterocycles. The van der Waals surface area contributed by atoms with Crippen LogP contribution < -0.4 is 11.2 Å². The van der Waals surface area contributed by atoms with Crippen LogP contribution in [0, 0.1) is 6.92 Å². The molecule has 126 valence electrons. The lowest BCUT2D eigenvalue weighted by Crippen LogP contribution is -2.48. The number of nitrogens with zero attached hydrogens (tertiary/aromatic N) is 2. The molecule has 1 amide bonds. The Bertz CT molecular complexity index is 819. The normalized spacial score (nSPS) is 15.5. The zero-order valence-corrected chi connectivity index (χ0v) is 13.5. The van der Waals surface area contributed by atoms with E-state index in [9.17, 15) is 14.4 Å². The molecule has 3 rings (SSSR count). The van der Waals surface area contributed by atoms with Crippen molar-refractivity contribution in [3.63, 3.8) is 0 Å². The molecule has 0 atom stereocenters. The number of piperazine rings is 1. The molecule has 0 saturated carbocycles. The van der Waals surface area contributed by atoms with Gasteiger partial charge in [0, 0.05) is 38.8 Å². The molecule has 7 heteroatoms. The number of nitrogens with one attached hydrogen (secondary N) is 2. The average molecular weight is 328 g/mol. The van der Waals surface area contributed by atoms with E-state index in [2.05, 4.69) is 40.0 Å². The van der Waals surface area contributed by atoms with Gasteiger partial charge >= 0.3 is 5.69 Å². The van der Waals surface area contributed by atoms with Crippen molar-refractivity contribution >= 4 is 5.91 Å². The van der Waals surface area contributed by atoms with Gasteiger partial charge in [0.1, 0.15) is 5.69 Å². The molecule has 0 radical (unpaired) electrons. The van der Waals surface area contributed by atoms with Crippen molar-refractivity contribution in [3.05, 3.63) is 68.0 Å². The number of amides is 1. The number of aromatic amines is 2. The Labute approximate surface area is 138 Å². The summed E-state index contributed by atoms with van der Waals surface area (Å²) in [5, 5.41) is 0. The second-order valence-corrected chi connectivity index (χ2v) is 6.06. The lowest BCUT2D eigenvalue weighted by Gasteiger charge is -2.34. The van der Waals surface area contributed by atoms with Crippen LogP contribution in [0.5, 0.6) is 0 Å². The first kappa shape index (κ1) is 16.2. The molecule has 7 nitrogen and oxygen atoms in total. The Kier molecular flexibility index (Phi) is 4.61. The Hall–Kier alpha value is -2.67. The molecule has 1 aliphatic rings. The monoisotopic (exact) mass is 328 g/mol. The summed E-state index contributed by atoms with van der Waals surface area (Å²) >= 11 is 0. The lowest BCUT2D eigenvalue weighted by atomic mass is 10.1. The SMILES string of the molecule is Cc1cccc(CN2CCN(C(=O)c3cc(=O)[nH]c(=O)[nH]3)CC2)c1. The number of H-pyrrole nitrogens is 2. The molecular weight excluding hydrogens is 308 g/mol. The maximum absolute atomic E-state index is 12.4. The largest absolute Gasteiger partial charge is 0.335 e. The number of carbonyl (C=O) groups is 1. The van der Waals surface area contributed by atoms with Gasteiger partial charge in [0.15, 0.2) is 0 Å². The summed E-state index contributed by atoms with van der Waals surface area (Å²) in [6.45, 7) is 5.58. The average Bonchev–Trinajstić information content (AvgIpc) is 2.54. The molecule has 0 bridgehead atoms. The number of aryl methyl sites for hydroxylation is 1.